The summed E-state index contributed by atoms with van der Waals surface area (Å²) in [5.74, 6) is 0.969. The number of piperidine rings is 1. The molecule has 1 fully saturated rings. The molecule has 0 aromatic carbocycles. The lowest BCUT2D eigenvalue weighted by molar-refractivity contribution is -0.605. The Morgan fingerprint density at radius 2 is 2.21 bits per heavy atom. The van der Waals surface area contributed by atoms with E-state index in [1.165, 1.54) is 12.6 Å². The molecule has 0 bridgehead atoms. The average molecular weight is 381 g/mol. The molecule has 0 unspecified atom stereocenters. The van der Waals surface area contributed by atoms with Gasteiger partial charge in [-0.3, -0.25) is 0 Å². The van der Waals surface area contributed by atoms with Crippen LogP contribution in [0.25, 0.3) is 5.65 Å². The number of aryl methyl sites for hydroxylation is 3. The number of nitrogens with zero attached hydrogens (tertiary/aromatic N) is 5. The molecular weight excluding hydrogens is 354 g/mol. The molecule has 0 saturated carbocycles. The molecule has 0 radical (unpaired) electrons. The fraction of sp³-hybridized carbons (Fsp3) is 0.476. The fourth-order valence-electron chi connectivity index (χ4n) is 4.12. The molecule has 4 rings (SSSR count). The van der Waals surface area contributed by atoms with Crippen molar-refractivity contribution in [1.29, 1.82) is 0 Å². The van der Waals surface area contributed by atoms with Crippen LogP contribution in [-0.2, 0) is 12.8 Å². The summed E-state index contributed by atoms with van der Waals surface area (Å²) in [4.78, 5) is 7.26. The third kappa shape index (κ3) is 3.80. The molecule has 7 nitrogen and oxygen atoms in total. The molecule has 0 aliphatic carbocycles. The van der Waals surface area contributed by atoms with Crippen molar-refractivity contribution < 1.29 is 9.84 Å². The van der Waals surface area contributed by atoms with Gasteiger partial charge in [-0.2, -0.15) is 9.83 Å². The first-order valence-corrected chi connectivity index (χ1v) is 10.0. The Balaban J connectivity index is 1.67. The second-order valence-electron chi connectivity index (χ2n) is 7.60. The number of aromatic nitrogens is 4. The second kappa shape index (κ2) is 8.14. The zero-order chi connectivity index (χ0) is 19.5. The van der Waals surface area contributed by atoms with Gasteiger partial charge in [-0.25, -0.2) is 9.50 Å². The number of rotatable bonds is 6. The standard InChI is InChI=1S/C21H27N5O2/c1-16-14-22-26-19(8-7-17-5-4-10-24(28)15-17)13-20(23-21(16)26)25-11-3-2-6-18(25)9-12-27/h4-5,10,13-15,18,27H,2-3,6-9,11-12H2,1H3/t18-/m0/s1. The van der Waals surface area contributed by atoms with Gasteiger partial charge < -0.3 is 15.2 Å². The first kappa shape index (κ1) is 18.7. The highest BCUT2D eigenvalue weighted by atomic mass is 16.5. The van der Waals surface area contributed by atoms with Crippen LogP contribution < -0.4 is 9.63 Å². The van der Waals surface area contributed by atoms with Gasteiger partial charge in [0, 0.05) is 48.1 Å². The number of hydrogen-bond donors (Lipinski definition) is 1. The van der Waals surface area contributed by atoms with E-state index in [1.807, 2.05) is 23.7 Å². The van der Waals surface area contributed by atoms with Gasteiger partial charge in [-0.05, 0) is 51.5 Å². The summed E-state index contributed by atoms with van der Waals surface area (Å²) in [5.41, 5.74) is 4.02. The third-order valence-electron chi connectivity index (χ3n) is 5.60. The van der Waals surface area contributed by atoms with Crippen molar-refractivity contribution in [1.82, 2.24) is 14.6 Å². The molecule has 148 valence electrons. The van der Waals surface area contributed by atoms with Gasteiger partial charge in [-0.1, -0.05) is 0 Å². The number of anilines is 1. The topological polar surface area (TPSA) is 80.6 Å². The summed E-state index contributed by atoms with van der Waals surface area (Å²) >= 11 is 0. The highest BCUT2D eigenvalue weighted by molar-refractivity contribution is 5.54. The van der Waals surface area contributed by atoms with Gasteiger partial charge in [0.25, 0.3) is 0 Å². The van der Waals surface area contributed by atoms with Gasteiger partial charge in [0.05, 0.1) is 6.20 Å². The highest BCUT2D eigenvalue weighted by Gasteiger charge is 2.24. The lowest BCUT2D eigenvalue weighted by Crippen LogP contribution is -2.40. The fourth-order valence-corrected chi connectivity index (χ4v) is 4.12. The maximum absolute atomic E-state index is 11.5. The largest absolute Gasteiger partial charge is 0.619 e. The van der Waals surface area contributed by atoms with E-state index < -0.39 is 0 Å². The van der Waals surface area contributed by atoms with Crippen molar-refractivity contribution in [3.63, 3.8) is 0 Å². The van der Waals surface area contributed by atoms with Crippen molar-refractivity contribution >= 4 is 11.5 Å². The Morgan fingerprint density at radius 3 is 3.04 bits per heavy atom. The van der Waals surface area contributed by atoms with E-state index >= 15 is 0 Å². The highest BCUT2D eigenvalue weighted by Crippen LogP contribution is 2.27. The van der Waals surface area contributed by atoms with Crippen molar-refractivity contribution in [2.75, 3.05) is 18.1 Å². The van der Waals surface area contributed by atoms with Crippen LogP contribution in [0.1, 0.15) is 42.5 Å². The van der Waals surface area contributed by atoms with E-state index in [2.05, 4.69) is 16.1 Å². The Labute approximate surface area is 164 Å². The first-order valence-electron chi connectivity index (χ1n) is 10.0. The number of aliphatic hydroxyl groups excluding tert-OH is 1. The predicted molar refractivity (Wildman–Crippen MR) is 107 cm³/mol. The Kier molecular flexibility index (Phi) is 5.43. The second-order valence-corrected chi connectivity index (χ2v) is 7.60. The predicted octanol–water partition coefficient (Wildman–Crippen LogP) is 2.20. The molecule has 1 atom stereocenters. The summed E-state index contributed by atoms with van der Waals surface area (Å²) in [6, 6.07) is 6.22. The molecule has 1 aliphatic heterocycles. The molecule has 3 aromatic rings. The maximum Gasteiger partial charge on any atom is 0.183 e. The van der Waals surface area contributed by atoms with E-state index in [1.54, 1.807) is 12.3 Å². The van der Waals surface area contributed by atoms with Gasteiger partial charge in [0.2, 0.25) is 0 Å². The van der Waals surface area contributed by atoms with Gasteiger partial charge in [0.15, 0.2) is 18.0 Å². The van der Waals surface area contributed by atoms with Crippen LogP contribution >= 0.6 is 0 Å². The normalized spacial score (nSPS) is 17.4. The summed E-state index contributed by atoms with van der Waals surface area (Å²) < 4.78 is 2.76. The van der Waals surface area contributed by atoms with Crippen molar-refractivity contribution in [2.45, 2.75) is 51.5 Å². The summed E-state index contributed by atoms with van der Waals surface area (Å²) in [5, 5.41) is 25.5. The number of hydrogen-bond acceptors (Lipinski definition) is 5. The van der Waals surface area contributed by atoms with Crippen LogP contribution in [0, 0.1) is 12.1 Å². The summed E-state index contributed by atoms with van der Waals surface area (Å²) in [7, 11) is 0. The molecule has 0 spiro atoms. The maximum atomic E-state index is 11.5. The van der Waals surface area contributed by atoms with Crippen LogP contribution in [0.4, 0.5) is 5.82 Å². The van der Waals surface area contributed by atoms with E-state index in [4.69, 9.17) is 4.98 Å². The SMILES string of the molecule is Cc1cnn2c(CCc3ccc[n+]([O-])c3)cc(N3CCCC[C@H]3CCO)nc12. The summed E-state index contributed by atoms with van der Waals surface area (Å²) in [6.45, 7) is 3.20. The molecule has 0 amide bonds. The van der Waals surface area contributed by atoms with Crippen molar-refractivity contribution in [2.24, 2.45) is 0 Å². The number of fused-ring (bicyclic) bond motifs is 1. The van der Waals surface area contributed by atoms with Crippen molar-refractivity contribution in [3.8, 4) is 0 Å². The monoisotopic (exact) mass is 381 g/mol. The van der Waals surface area contributed by atoms with E-state index in [0.717, 1.165) is 71.7 Å². The molecular formula is C21H27N5O2. The van der Waals surface area contributed by atoms with Crippen LogP contribution in [0.2, 0.25) is 0 Å². The molecule has 4 heterocycles. The molecule has 1 N–H and O–H groups in total. The van der Waals surface area contributed by atoms with Crippen LogP contribution in [-0.4, -0.2) is 38.9 Å². The van der Waals surface area contributed by atoms with Crippen LogP contribution in [0.3, 0.4) is 0 Å². The van der Waals surface area contributed by atoms with Gasteiger partial charge in [0.1, 0.15) is 5.82 Å². The Bertz CT molecular complexity index is 953. The minimum atomic E-state index is 0.200. The minimum Gasteiger partial charge on any atom is -0.619 e. The zero-order valence-electron chi connectivity index (χ0n) is 16.3. The number of aliphatic hydroxyl groups is 1. The lowest BCUT2D eigenvalue weighted by Gasteiger charge is -2.36. The molecule has 3 aromatic heterocycles. The molecule has 28 heavy (non-hydrogen) atoms. The zero-order valence-corrected chi connectivity index (χ0v) is 16.3. The number of pyridine rings is 1. The third-order valence-corrected chi connectivity index (χ3v) is 5.60. The molecule has 7 heteroatoms. The molecule has 1 aliphatic rings. The van der Waals surface area contributed by atoms with Gasteiger partial charge >= 0.3 is 0 Å². The van der Waals surface area contributed by atoms with Crippen LogP contribution in [0.15, 0.2) is 36.8 Å². The Morgan fingerprint density at radius 1 is 1.32 bits per heavy atom. The first-order chi connectivity index (χ1) is 13.7. The van der Waals surface area contributed by atoms with E-state index in [-0.39, 0.29) is 6.61 Å². The minimum absolute atomic E-state index is 0.200. The molecule has 1 saturated heterocycles. The van der Waals surface area contributed by atoms with E-state index in [0.29, 0.717) is 6.04 Å². The lowest BCUT2D eigenvalue weighted by atomic mass is 9.99. The quantitative estimate of drug-likeness (QED) is 0.523. The smallest absolute Gasteiger partial charge is 0.183 e. The van der Waals surface area contributed by atoms with E-state index in [9.17, 15) is 10.3 Å². The summed E-state index contributed by atoms with van der Waals surface area (Å²) in [6.07, 6.45) is 10.7. The average Bonchev–Trinajstić information content (AvgIpc) is 3.08. The van der Waals surface area contributed by atoms with Crippen LogP contribution in [0.5, 0.6) is 0 Å². The van der Waals surface area contributed by atoms with Gasteiger partial charge in [-0.15, -0.1) is 0 Å². The van der Waals surface area contributed by atoms with Crippen molar-refractivity contribution in [3.05, 3.63) is 58.8 Å². The Hall–Kier alpha value is -2.67.